The van der Waals surface area contributed by atoms with E-state index in [1.54, 1.807) is 18.3 Å². The van der Waals surface area contributed by atoms with E-state index >= 15 is 0 Å². The lowest BCUT2D eigenvalue weighted by atomic mass is 9.91. The average Bonchev–Trinajstić information content (AvgIpc) is 3.24. The number of para-hydroxylation sites is 1. The first-order valence-corrected chi connectivity index (χ1v) is 11.7. The molecule has 35 heavy (non-hydrogen) atoms. The fraction of sp³-hybridized carbons (Fsp3) is 0.269. The number of anilines is 2. The molecule has 4 bridgehead atoms. The van der Waals surface area contributed by atoms with Crippen LogP contribution in [0.1, 0.15) is 41.2 Å². The molecule has 3 N–H and O–H groups in total. The van der Waals surface area contributed by atoms with Crippen LogP contribution in [0.15, 0.2) is 42.6 Å². The van der Waals surface area contributed by atoms with Crippen LogP contribution >= 0.6 is 0 Å². The Morgan fingerprint density at radius 1 is 1.20 bits per heavy atom. The van der Waals surface area contributed by atoms with E-state index in [0.29, 0.717) is 52.7 Å². The number of nitrogens with zero attached hydrogens (tertiary/aromatic N) is 2. The molecule has 1 amide bonds. The van der Waals surface area contributed by atoms with Gasteiger partial charge in [0.25, 0.3) is 5.91 Å². The summed E-state index contributed by atoms with van der Waals surface area (Å²) in [5.41, 5.74) is 5.14. The molecule has 2 aliphatic heterocycles. The summed E-state index contributed by atoms with van der Waals surface area (Å²) in [5, 5.41) is 6.34. The van der Waals surface area contributed by atoms with Crippen molar-refractivity contribution in [3.8, 4) is 22.9 Å². The van der Waals surface area contributed by atoms with Crippen molar-refractivity contribution in [2.24, 2.45) is 0 Å². The highest BCUT2D eigenvalue weighted by atomic mass is 19.1. The number of hydrogen-bond acceptors (Lipinski definition) is 6. The number of rotatable bonds is 3. The van der Waals surface area contributed by atoms with E-state index < -0.39 is 5.82 Å². The summed E-state index contributed by atoms with van der Waals surface area (Å²) in [7, 11) is 1.42. The number of aromatic amines is 1. The lowest BCUT2D eigenvalue weighted by Gasteiger charge is -2.24. The number of fused-ring (bicyclic) bond motifs is 3. The highest BCUT2D eigenvalue weighted by molar-refractivity contribution is 6.08. The van der Waals surface area contributed by atoms with Gasteiger partial charge >= 0.3 is 0 Å². The molecule has 0 saturated heterocycles. The van der Waals surface area contributed by atoms with E-state index in [2.05, 4.69) is 20.6 Å². The monoisotopic (exact) mass is 473 g/mol. The van der Waals surface area contributed by atoms with Crippen LogP contribution < -0.4 is 20.1 Å². The smallest absolute Gasteiger partial charge is 0.255 e. The third kappa shape index (κ3) is 3.63. The fourth-order valence-corrected chi connectivity index (χ4v) is 4.95. The highest BCUT2D eigenvalue weighted by Crippen LogP contribution is 2.43. The van der Waals surface area contributed by atoms with Crippen LogP contribution in [0.3, 0.4) is 0 Å². The molecular weight excluding hydrogens is 449 g/mol. The van der Waals surface area contributed by atoms with E-state index in [-0.39, 0.29) is 17.6 Å². The van der Waals surface area contributed by atoms with E-state index in [1.165, 1.54) is 13.2 Å². The number of carbonyl (C=O) groups excluding carboxylic acids is 1. The first-order valence-electron chi connectivity index (χ1n) is 11.7. The van der Waals surface area contributed by atoms with Gasteiger partial charge in [-0.15, -0.1) is 0 Å². The topological polar surface area (TPSA) is 101 Å². The third-order valence-electron chi connectivity index (χ3n) is 6.63. The zero-order valence-corrected chi connectivity index (χ0v) is 19.2. The summed E-state index contributed by atoms with van der Waals surface area (Å²) in [5.74, 6) is 0.0371. The van der Waals surface area contributed by atoms with Crippen molar-refractivity contribution in [1.29, 1.82) is 0 Å². The number of nitrogens with one attached hydrogen (secondary N) is 3. The molecule has 1 aromatic carbocycles. The largest absolute Gasteiger partial charge is 0.492 e. The molecule has 9 heteroatoms. The van der Waals surface area contributed by atoms with Crippen LogP contribution in [0, 0.1) is 5.82 Å². The van der Waals surface area contributed by atoms with Crippen molar-refractivity contribution in [2.75, 3.05) is 25.6 Å². The highest BCUT2D eigenvalue weighted by Gasteiger charge is 2.33. The Labute approximate surface area is 200 Å². The summed E-state index contributed by atoms with van der Waals surface area (Å²) in [4.78, 5) is 25.9. The maximum absolute atomic E-state index is 14.5. The van der Waals surface area contributed by atoms with Crippen LogP contribution in [-0.4, -0.2) is 41.1 Å². The zero-order valence-electron chi connectivity index (χ0n) is 19.2. The van der Waals surface area contributed by atoms with Gasteiger partial charge in [0.1, 0.15) is 5.52 Å². The summed E-state index contributed by atoms with van der Waals surface area (Å²) < 4.78 is 25.7. The van der Waals surface area contributed by atoms with Gasteiger partial charge in [-0.1, -0.05) is 6.07 Å². The minimum absolute atomic E-state index is 0.0731. The number of hydrogen-bond donors (Lipinski definition) is 3. The normalized spacial score (nSPS) is 17.1. The molecule has 4 aromatic rings. The minimum atomic E-state index is -0.495. The Hall–Kier alpha value is -4.14. The number of ether oxygens (including phenoxy) is 2. The van der Waals surface area contributed by atoms with E-state index in [9.17, 15) is 9.18 Å². The molecule has 2 aliphatic rings. The summed E-state index contributed by atoms with van der Waals surface area (Å²) in [6, 6.07) is 10.2. The first kappa shape index (κ1) is 21.4. The molecule has 8 nitrogen and oxygen atoms in total. The van der Waals surface area contributed by atoms with Gasteiger partial charge in [0.2, 0.25) is 5.88 Å². The number of benzene rings is 1. The first-order chi connectivity index (χ1) is 17.1. The van der Waals surface area contributed by atoms with Gasteiger partial charge in [-0.05, 0) is 43.5 Å². The van der Waals surface area contributed by atoms with Crippen molar-refractivity contribution < 1.29 is 18.7 Å². The third-order valence-corrected chi connectivity index (χ3v) is 6.63. The maximum atomic E-state index is 14.5. The summed E-state index contributed by atoms with van der Waals surface area (Å²) in [6.07, 6.45) is 4.40. The number of aromatic nitrogens is 3. The molecule has 0 aliphatic carbocycles. The van der Waals surface area contributed by atoms with E-state index in [0.717, 1.165) is 30.5 Å². The van der Waals surface area contributed by atoms with Crippen LogP contribution in [0.4, 0.5) is 15.8 Å². The van der Waals surface area contributed by atoms with E-state index in [4.69, 9.17) is 14.5 Å². The summed E-state index contributed by atoms with van der Waals surface area (Å²) in [6.45, 7) is 1.12. The van der Waals surface area contributed by atoms with Crippen molar-refractivity contribution in [3.63, 3.8) is 0 Å². The fourth-order valence-electron chi connectivity index (χ4n) is 4.95. The molecule has 1 atom stereocenters. The van der Waals surface area contributed by atoms with Crippen LogP contribution in [0.2, 0.25) is 0 Å². The van der Waals surface area contributed by atoms with Gasteiger partial charge in [-0.25, -0.2) is 9.37 Å². The van der Waals surface area contributed by atoms with E-state index in [1.807, 2.05) is 18.2 Å². The lowest BCUT2D eigenvalue weighted by Crippen LogP contribution is -2.35. The SMILES string of the molecule is COc1c(F)cccc1Nc1c2[nH]c3c1C(=O)NC[C@H]3CCCCOc1ccc3nccc-2c3n1. The predicted octanol–water partition coefficient (Wildman–Crippen LogP) is 4.91. The van der Waals surface area contributed by atoms with Crippen molar-refractivity contribution >= 4 is 28.3 Å². The van der Waals surface area contributed by atoms with Crippen molar-refractivity contribution in [1.82, 2.24) is 20.3 Å². The van der Waals surface area contributed by atoms with Gasteiger partial charge < -0.3 is 25.1 Å². The average molecular weight is 474 g/mol. The number of halogens is 1. The number of carbonyl (C=O) groups is 1. The molecule has 0 fully saturated rings. The molecule has 0 saturated carbocycles. The quantitative estimate of drug-likeness (QED) is 0.391. The minimum Gasteiger partial charge on any atom is -0.492 e. The predicted molar refractivity (Wildman–Crippen MR) is 130 cm³/mol. The number of methoxy groups -OCH3 is 1. The number of H-pyrrole nitrogens is 1. The molecule has 0 spiro atoms. The number of amides is 1. The van der Waals surface area contributed by atoms with Gasteiger partial charge in [0.15, 0.2) is 11.6 Å². The van der Waals surface area contributed by atoms with Crippen molar-refractivity contribution in [2.45, 2.75) is 25.2 Å². The van der Waals surface area contributed by atoms with Gasteiger partial charge in [-0.2, -0.15) is 0 Å². The lowest BCUT2D eigenvalue weighted by molar-refractivity contribution is 0.0939. The molecule has 5 heterocycles. The van der Waals surface area contributed by atoms with Crippen molar-refractivity contribution in [3.05, 3.63) is 59.7 Å². The molecule has 178 valence electrons. The van der Waals surface area contributed by atoms with Gasteiger partial charge in [0.05, 0.1) is 41.9 Å². The Bertz CT molecular complexity index is 1450. The van der Waals surface area contributed by atoms with Crippen LogP contribution in [-0.2, 0) is 0 Å². The second kappa shape index (κ2) is 8.57. The maximum Gasteiger partial charge on any atom is 0.255 e. The molecule has 3 aromatic heterocycles. The molecular formula is C26H24FN5O3. The van der Waals surface area contributed by atoms with Gasteiger partial charge in [0, 0.05) is 36.0 Å². The molecule has 0 unspecified atom stereocenters. The zero-order chi connectivity index (χ0) is 23.9. The van der Waals surface area contributed by atoms with Crippen LogP contribution in [0.5, 0.6) is 11.6 Å². The second-order valence-corrected chi connectivity index (χ2v) is 8.74. The Morgan fingerprint density at radius 2 is 2.11 bits per heavy atom. The summed E-state index contributed by atoms with van der Waals surface area (Å²) >= 11 is 0. The Balaban J connectivity index is 1.63. The second-order valence-electron chi connectivity index (χ2n) is 8.74. The van der Waals surface area contributed by atoms with Gasteiger partial charge in [-0.3, -0.25) is 9.78 Å². The number of pyridine rings is 2. The molecule has 0 radical (unpaired) electrons. The standard InChI is InChI=1S/C26H24FN5O3/c1-34-25-16(27)6-4-7-18(25)30-24-20-21-14(13-29-26(20)33)5-2-3-12-35-19-9-8-17-22(31-19)15(10-11-28-17)23(24)32-21/h4,6-11,14,30,32H,2-3,5,12-13H2,1H3,(H,29,33)/t14-/m1/s1. The molecule has 6 rings (SSSR count). The Kier molecular flexibility index (Phi) is 5.24. The Morgan fingerprint density at radius 3 is 3.00 bits per heavy atom. The van der Waals surface area contributed by atoms with Crippen LogP contribution in [0.25, 0.3) is 22.3 Å².